The highest BCUT2D eigenvalue weighted by Gasteiger charge is 2.25. The molecule has 1 aromatic rings. The lowest BCUT2D eigenvalue weighted by atomic mass is 9.96. The van der Waals surface area contributed by atoms with E-state index in [4.69, 9.17) is 11.1 Å². The summed E-state index contributed by atoms with van der Waals surface area (Å²) < 4.78 is 0. The first-order chi connectivity index (χ1) is 9.72. The fraction of sp³-hybridized carbons (Fsp3) is 0.562. The molecule has 20 heavy (non-hydrogen) atoms. The van der Waals surface area contributed by atoms with Gasteiger partial charge in [-0.1, -0.05) is 43.2 Å². The molecule has 110 valence electrons. The number of hydrogen-bond acceptors (Lipinski definition) is 3. The van der Waals surface area contributed by atoms with E-state index in [1.807, 2.05) is 30.3 Å². The van der Waals surface area contributed by atoms with Crippen LogP contribution >= 0.6 is 0 Å². The van der Waals surface area contributed by atoms with Crippen molar-refractivity contribution in [2.75, 3.05) is 19.7 Å². The summed E-state index contributed by atoms with van der Waals surface area (Å²) in [4.78, 5) is 2.31. The fourth-order valence-corrected chi connectivity index (χ4v) is 2.99. The summed E-state index contributed by atoms with van der Waals surface area (Å²) in [6.45, 7) is 1.91. The minimum absolute atomic E-state index is 0.0802. The van der Waals surface area contributed by atoms with E-state index < -0.39 is 0 Å². The second-order valence-corrected chi connectivity index (χ2v) is 5.60. The van der Waals surface area contributed by atoms with Crippen molar-refractivity contribution >= 4 is 5.84 Å². The number of likely N-dealkylation sites (tertiary alicyclic amines) is 1. The van der Waals surface area contributed by atoms with Crippen LogP contribution in [0.15, 0.2) is 30.3 Å². The van der Waals surface area contributed by atoms with Gasteiger partial charge in [-0.05, 0) is 24.9 Å². The van der Waals surface area contributed by atoms with Crippen LogP contribution in [0.4, 0.5) is 0 Å². The normalized spacial score (nSPS) is 22.1. The van der Waals surface area contributed by atoms with Crippen molar-refractivity contribution in [3.05, 3.63) is 35.9 Å². The van der Waals surface area contributed by atoms with Crippen molar-refractivity contribution in [3.8, 4) is 0 Å². The summed E-state index contributed by atoms with van der Waals surface area (Å²) in [5.74, 6) is 0.125. The molecule has 0 bridgehead atoms. The molecule has 1 aliphatic heterocycles. The summed E-state index contributed by atoms with van der Waals surface area (Å²) in [6.07, 6.45) is 4.60. The predicted molar refractivity (Wildman–Crippen MR) is 82.0 cm³/mol. The van der Waals surface area contributed by atoms with Crippen LogP contribution in [0, 0.1) is 5.41 Å². The molecule has 0 aromatic heterocycles. The summed E-state index contributed by atoms with van der Waals surface area (Å²) in [7, 11) is 0. The van der Waals surface area contributed by atoms with E-state index in [1.54, 1.807) is 0 Å². The Morgan fingerprint density at radius 2 is 2.05 bits per heavy atom. The maximum Gasteiger partial charge on any atom is 0.0995 e. The Kier molecular flexibility index (Phi) is 5.56. The first kappa shape index (κ1) is 15.0. The van der Waals surface area contributed by atoms with Crippen molar-refractivity contribution in [2.45, 2.75) is 37.6 Å². The lowest BCUT2D eigenvalue weighted by molar-refractivity contribution is 0.123. The first-order valence-corrected chi connectivity index (χ1v) is 7.46. The van der Waals surface area contributed by atoms with E-state index in [9.17, 15) is 5.11 Å². The molecule has 0 saturated carbocycles. The number of nitrogens with two attached hydrogens (primary N) is 1. The van der Waals surface area contributed by atoms with Gasteiger partial charge in [0.05, 0.1) is 18.4 Å². The number of nitrogens with one attached hydrogen (secondary N) is 1. The van der Waals surface area contributed by atoms with Crippen molar-refractivity contribution < 1.29 is 5.11 Å². The van der Waals surface area contributed by atoms with Gasteiger partial charge in [0.15, 0.2) is 0 Å². The third kappa shape index (κ3) is 3.81. The van der Waals surface area contributed by atoms with E-state index in [1.165, 1.54) is 12.8 Å². The van der Waals surface area contributed by atoms with Gasteiger partial charge >= 0.3 is 0 Å². The molecule has 2 atom stereocenters. The van der Waals surface area contributed by atoms with E-state index in [0.29, 0.717) is 0 Å². The van der Waals surface area contributed by atoms with Crippen LogP contribution in [0.5, 0.6) is 0 Å². The van der Waals surface area contributed by atoms with Crippen LogP contribution in [0.2, 0.25) is 0 Å². The number of aliphatic hydroxyl groups excluding tert-OH is 1. The molecule has 1 aliphatic rings. The minimum atomic E-state index is -0.0802. The van der Waals surface area contributed by atoms with Gasteiger partial charge in [0, 0.05) is 12.6 Å². The predicted octanol–water partition coefficient (Wildman–Crippen LogP) is 1.94. The quantitative estimate of drug-likeness (QED) is 0.568. The van der Waals surface area contributed by atoms with Crippen LogP contribution in [-0.2, 0) is 0 Å². The lowest BCUT2D eigenvalue weighted by Gasteiger charge is -2.32. The van der Waals surface area contributed by atoms with E-state index in [-0.39, 0.29) is 24.4 Å². The van der Waals surface area contributed by atoms with Crippen LogP contribution in [0.25, 0.3) is 0 Å². The Morgan fingerprint density at radius 3 is 2.70 bits per heavy atom. The second kappa shape index (κ2) is 7.41. The van der Waals surface area contributed by atoms with Gasteiger partial charge in [-0.2, -0.15) is 0 Å². The summed E-state index contributed by atoms with van der Waals surface area (Å²) in [5, 5.41) is 17.5. The Bertz CT molecular complexity index is 421. The first-order valence-electron chi connectivity index (χ1n) is 7.46. The molecule has 1 heterocycles. The Labute approximate surface area is 121 Å². The van der Waals surface area contributed by atoms with Crippen molar-refractivity contribution in [3.63, 3.8) is 0 Å². The SMILES string of the molecule is N=C(N)C(CN1CCCCCC1CO)c1ccccc1. The van der Waals surface area contributed by atoms with E-state index in [0.717, 1.165) is 31.5 Å². The highest BCUT2D eigenvalue weighted by atomic mass is 16.3. The van der Waals surface area contributed by atoms with E-state index in [2.05, 4.69) is 4.90 Å². The minimum Gasteiger partial charge on any atom is -0.395 e. The molecule has 1 saturated heterocycles. The maximum absolute atomic E-state index is 9.58. The van der Waals surface area contributed by atoms with Gasteiger partial charge in [-0.3, -0.25) is 10.3 Å². The van der Waals surface area contributed by atoms with Gasteiger partial charge in [-0.15, -0.1) is 0 Å². The van der Waals surface area contributed by atoms with Crippen LogP contribution < -0.4 is 5.73 Å². The fourth-order valence-electron chi connectivity index (χ4n) is 2.99. The van der Waals surface area contributed by atoms with Crippen molar-refractivity contribution in [1.82, 2.24) is 4.90 Å². The molecule has 1 aromatic carbocycles. The number of nitrogens with zero attached hydrogens (tertiary/aromatic N) is 1. The van der Waals surface area contributed by atoms with Gasteiger partial charge in [0.2, 0.25) is 0 Å². The van der Waals surface area contributed by atoms with Gasteiger partial charge in [0.25, 0.3) is 0 Å². The zero-order chi connectivity index (χ0) is 14.4. The molecule has 0 aliphatic carbocycles. The average molecular weight is 275 g/mol. The molecule has 4 heteroatoms. The number of amidine groups is 1. The van der Waals surface area contributed by atoms with Gasteiger partial charge in [0.1, 0.15) is 0 Å². The van der Waals surface area contributed by atoms with Crippen molar-refractivity contribution in [2.24, 2.45) is 5.73 Å². The molecule has 4 N–H and O–H groups in total. The molecule has 0 spiro atoms. The van der Waals surface area contributed by atoms with E-state index >= 15 is 0 Å². The summed E-state index contributed by atoms with van der Waals surface area (Å²) >= 11 is 0. The van der Waals surface area contributed by atoms with Gasteiger partial charge < -0.3 is 10.8 Å². The standard InChI is InChI=1S/C16H25N3O/c17-16(18)15(13-7-3-1-4-8-13)11-19-10-6-2-5-9-14(19)12-20/h1,3-4,7-8,14-15,20H,2,5-6,9-12H2,(H3,17,18). The second-order valence-electron chi connectivity index (χ2n) is 5.60. The number of hydrogen-bond donors (Lipinski definition) is 3. The van der Waals surface area contributed by atoms with Crippen LogP contribution in [-0.4, -0.2) is 41.6 Å². The molecule has 1 fully saturated rings. The molecule has 2 rings (SSSR count). The highest BCUT2D eigenvalue weighted by Crippen LogP contribution is 2.22. The topological polar surface area (TPSA) is 73.3 Å². The maximum atomic E-state index is 9.58. The zero-order valence-electron chi connectivity index (χ0n) is 12.0. The molecular weight excluding hydrogens is 250 g/mol. The lowest BCUT2D eigenvalue weighted by Crippen LogP contribution is -2.42. The number of rotatable bonds is 5. The Morgan fingerprint density at radius 1 is 1.30 bits per heavy atom. The molecule has 2 unspecified atom stereocenters. The zero-order valence-corrected chi connectivity index (χ0v) is 12.0. The number of aliphatic hydroxyl groups is 1. The number of benzene rings is 1. The third-order valence-corrected chi connectivity index (χ3v) is 4.20. The average Bonchev–Trinajstić information content (AvgIpc) is 2.70. The molecular formula is C16H25N3O. The van der Waals surface area contributed by atoms with Gasteiger partial charge in [-0.25, -0.2) is 0 Å². The largest absolute Gasteiger partial charge is 0.395 e. The Balaban J connectivity index is 2.12. The molecule has 0 radical (unpaired) electrons. The van der Waals surface area contributed by atoms with Crippen LogP contribution in [0.3, 0.4) is 0 Å². The molecule has 0 amide bonds. The third-order valence-electron chi connectivity index (χ3n) is 4.20. The smallest absolute Gasteiger partial charge is 0.0995 e. The summed E-state index contributed by atoms with van der Waals surface area (Å²) in [6, 6.07) is 10.2. The monoisotopic (exact) mass is 275 g/mol. The van der Waals surface area contributed by atoms with Crippen molar-refractivity contribution in [1.29, 1.82) is 5.41 Å². The van der Waals surface area contributed by atoms with Crippen LogP contribution in [0.1, 0.15) is 37.2 Å². The molecule has 4 nitrogen and oxygen atoms in total. The Hall–Kier alpha value is -1.39. The highest BCUT2D eigenvalue weighted by molar-refractivity contribution is 5.84. The summed E-state index contributed by atoms with van der Waals surface area (Å²) in [5.41, 5.74) is 6.89.